The number of nitrogens with zero attached hydrogens (tertiary/aromatic N) is 1. The Morgan fingerprint density at radius 2 is 2.33 bits per heavy atom. The third kappa shape index (κ3) is 2.60. The van der Waals surface area contributed by atoms with E-state index in [1.54, 1.807) is 17.6 Å². The highest BCUT2D eigenvalue weighted by atomic mass is 32.1. The predicted molar refractivity (Wildman–Crippen MR) is 72.0 cm³/mol. The highest BCUT2D eigenvalue weighted by Crippen LogP contribution is 2.21. The third-order valence-electron chi connectivity index (χ3n) is 2.56. The standard InChI is InChI=1S/C12H13N3O2S/c1-7-11(18-6-15-7)5-14-10-4-8(13)2-3-9(10)12(16)17/h2-4,6,14H,5,13H2,1H3,(H,16,17). The number of nitrogens with one attached hydrogen (secondary N) is 1. The number of carboxylic acids is 1. The van der Waals surface area contributed by atoms with E-state index in [1.165, 1.54) is 17.4 Å². The van der Waals surface area contributed by atoms with E-state index in [2.05, 4.69) is 10.3 Å². The Labute approximate surface area is 108 Å². The lowest BCUT2D eigenvalue weighted by Gasteiger charge is -2.09. The number of nitrogen functional groups attached to an aromatic ring is 1. The molecule has 0 amide bonds. The maximum absolute atomic E-state index is 11.1. The smallest absolute Gasteiger partial charge is 0.337 e. The van der Waals surface area contributed by atoms with E-state index in [9.17, 15) is 4.79 Å². The molecule has 2 rings (SSSR count). The summed E-state index contributed by atoms with van der Waals surface area (Å²) in [4.78, 5) is 16.3. The Balaban J connectivity index is 2.20. The summed E-state index contributed by atoms with van der Waals surface area (Å²) in [7, 11) is 0. The number of carboxylic acid groups (broad SMARTS) is 1. The van der Waals surface area contributed by atoms with Crippen molar-refractivity contribution in [1.82, 2.24) is 4.98 Å². The van der Waals surface area contributed by atoms with Crippen LogP contribution in [0.15, 0.2) is 23.7 Å². The molecular weight excluding hydrogens is 250 g/mol. The molecule has 0 aliphatic heterocycles. The number of rotatable bonds is 4. The van der Waals surface area contributed by atoms with Gasteiger partial charge < -0.3 is 16.2 Å². The van der Waals surface area contributed by atoms with Crippen LogP contribution in [0, 0.1) is 6.92 Å². The van der Waals surface area contributed by atoms with Crippen LogP contribution in [-0.2, 0) is 6.54 Å². The van der Waals surface area contributed by atoms with E-state index < -0.39 is 5.97 Å². The summed E-state index contributed by atoms with van der Waals surface area (Å²) in [6.07, 6.45) is 0. The second-order valence-electron chi connectivity index (χ2n) is 3.82. The van der Waals surface area contributed by atoms with Crippen LogP contribution in [0.5, 0.6) is 0 Å². The van der Waals surface area contributed by atoms with Crippen LogP contribution < -0.4 is 11.1 Å². The molecular formula is C12H13N3O2S. The molecule has 0 unspecified atom stereocenters. The van der Waals surface area contributed by atoms with Crippen LogP contribution in [0.1, 0.15) is 20.9 Å². The summed E-state index contributed by atoms with van der Waals surface area (Å²) in [6.45, 7) is 2.46. The number of hydrogen-bond acceptors (Lipinski definition) is 5. The second kappa shape index (κ2) is 5.05. The van der Waals surface area contributed by atoms with Crippen molar-refractivity contribution in [3.8, 4) is 0 Å². The van der Waals surface area contributed by atoms with Crippen molar-refractivity contribution in [2.24, 2.45) is 0 Å². The minimum absolute atomic E-state index is 0.214. The van der Waals surface area contributed by atoms with Gasteiger partial charge in [-0.05, 0) is 25.1 Å². The van der Waals surface area contributed by atoms with Crippen LogP contribution in [0.4, 0.5) is 11.4 Å². The van der Waals surface area contributed by atoms with Crippen molar-refractivity contribution < 1.29 is 9.90 Å². The normalized spacial score (nSPS) is 10.3. The zero-order valence-corrected chi connectivity index (χ0v) is 10.6. The van der Waals surface area contributed by atoms with Gasteiger partial charge in [-0.3, -0.25) is 0 Å². The van der Waals surface area contributed by atoms with E-state index in [0.717, 1.165) is 10.6 Å². The average Bonchev–Trinajstić information content (AvgIpc) is 2.72. The largest absolute Gasteiger partial charge is 0.478 e. The number of hydrogen-bond donors (Lipinski definition) is 3. The summed E-state index contributed by atoms with van der Waals surface area (Å²) >= 11 is 1.53. The fraction of sp³-hybridized carbons (Fsp3) is 0.167. The van der Waals surface area contributed by atoms with Crippen LogP contribution in [0.3, 0.4) is 0 Å². The van der Waals surface area contributed by atoms with Gasteiger partial charge in [-0.15, -0.1) is 11.3 Å². The summed E-state index contributed by atoms with van der Waals surface area (Å²) in [5, 5.41) is 12.2. The number of aromatic carboxylic acids is 1. The van der Waals surface area contributed by atoms with Crippen LogP contribution in [0.2, 0.25) is 0 Å². The van der Waals surface area contributed by atoms with E-state index in [0.29, 0.717) is 17.9 Å². The molecule has 0 radical (unpaired) electrons. The highest BCUT2D eigenvalue weighted by molar-refractivity contribution is 7.09. The quantitative estimate of drug-likeness (QED) is 0.737. The van der Waals surface area contributed by atoms with Gasteiger partial charge in [-0.25, -0.2) is 9.78 Å². The van der Waals surface area contributed by atoms with Crippen molar-refractivity contribution in [1.29, 1.82) is 0 Å². The lowest BCUT2D eigenvalue weighted by atomic mass is 10.1. The molecule has 0 atom stereocenters. The maximum atomic E-state index is 11.1. The lowest BCUT2D eigenvalue weighted by molar-refractivity contribution is 0.0698. The van der Waals surface area contributed by atoms with Gasteiger partial charge >= 0.3 is 5.97 Å². The molecule has 0 saturated carbocycles. The molecule has 18 heavy (non-hydrogen) atoms. The molecule has 0 fully saturated rings. The van der Waals surface area contributed by atoms with Gasteiger partial charge in [-0.1, -0.05) is 0 Å². The molecule has 0 aliphatic carbocycles. The summed E-state index contributed by atoms with van der Waals surface area (Å²) in [5.74, 6) is -0.974. The molecule has 1 heterocycles. The van der Waals surface area contributed by atoms with E-state index >= 15 is 0 Å². The molecule has 0 bridgehead atoms. The summed E-state index contributed by atoms with van der Waals surface area (Å²) in [5.41, 5.74) is 9.65. The second-order valence-corrected chi connectivity index (χ2v) is 4.76. The zero-order chi connectivity index (χ0) is 13.1. The summed E-state index contributed by atoms with van der Waals surface area (Å²) < 4.78 is 0. The Kier molecular flexibility index (Phi) is 3.47. The number of nitrogens with two attached hydrogens (primary N) is 1. The molecule has 0 aliphatic rings. The minimum atomic E-state index is -0.974. The molecule has 2 aromatic rings. The molecule has 1 aromatic carbocycles. The van der Waals surface area contributed by atoms with E-state index in [-0.39, 0.29) is 5.56 Å². The molecule has 6 heteroatoms. The first kappa shape index (κ1) is 12.4. The van der Waals surface area contributed by atoms with Crippen molar-refractivity contribution in [2.75, 3.05) is 11.1 Å². The van der Waals surface area contributed by atoms with E-state index in [4.69, 9.17) is 10.8 Å². The predicted octanol–water partition coefficient (Wildman–Crippen LogP) is 2.34. The zero-order valence-electron chi connectivity index (χ0n) is 9.80. The Morgan fingerprint density at radius 1 is 1.56 bits per heavy atom. The first-order valence-electron chi connectivity index (χ1n) is 5.33. The van der Waals surface area contributed by atoms with Crippen molar-refractivity contribution in [3.05, 3.63) is 39.8 Å². The first-order valence-corrected chi connectivity index (χ1v) is 6.21. The number of benzene rings is 1. The number of thiazole rings is 1. The minimum Gasteiger partial charge on any atom is -0.478 e. The van der Waals surface area contributed by atoms with Crippen LogP contribution in [0.25, 0.3) is 0 Å². The Morgan fingerprint density at radius 3 is 2.94 bits per heavy atom. The fourth-order valence-corrected chi connectivity index (χ4v) is 2.28. The fourth-order valence-electron chi connectivity index (χ4n) is 1.57. The van der Waals surface area contributed by atoms with Crippen molar-refractivity contribution in [3.63, 3.8) is 0 Å². The molecule has 1 aromatic heterocycles. The molecule has 0 spiro atoms. The molecule has 94 valence electrons. The molecule has 5 nitrogen and oxygen atoms in total. The topological polar surface area (TPSA) is 88.2 Å². The van der Waals surface area contributed by atoms with Crippen LogP contribution >= 0.6 is 11.3 Å². The first-order chi connectivity index (χ1) is 8.58. The van der Waals surface area contributed by atoms with Crippen LogP contribution in [-0.4, -0.2) is 16.1 Å². The maximum Gasteiger partial charge on any atom is 0.337 e. The highest BCUT2D eigenvalue weighted by Gasteiger charge is 2.10. The van der Waals surface area contributed by atoms with Gasteiger partial charge in [0.2, 0.25) is 0 Å². The van der Waals surface area contributed by atoms with Gasteiger partial charge in [0.15, 0.2) is 0 Å². The number of anilines is 2. The summed E-state index contributed by atoms with van der Waals surface area (Å²) in [6, 6.07) is 4.70. The molecule has 4 N–H and O–H groups in total. The number of aryl methyl sites for hydroxylation is 1. The van der Waals surface area contributed by atoms with Crippen molar-refractivity contribution >= 4 is 28.7 Å². The number of aromatic nitrogens is 1. The van der Waals surface area contributed by atoms with Gasteiger partial charge in [0.25, 0.3) is 0 Å². The SMILES string of the molecule is Cc1ncsc1CNc1cc(N)ccc1C(=O)O. The van der Waals surface area contributed by atoms with E-state index in [1.807, 2.05) is 6.92 Å². The Hall–Kier alpha value is -2.08. The lowest BCUT2D eigenvalue weighted by Crippen LogP contribution is -2.07. The van der Waals surface area contributed by atoms with Gasteiger partial charge in [0, 0.05) is 10.6 Å². The Bertz CT molecular complexity index is 580. The number of carbonyl (C=O) groups is 1. The monoisotopic (exact) mass is 263 g/mol. The van der Waals surface area contributed by atoms with Gasteiger partial charge in [-0.2, -0.15) is 0 Å². The average molecular weight is 263 g/mol. The van der Waals surface area contributed by atoms with Gasteiger partial charge in [0.1, 0.15) is 0 Å². The molecule has 0 saturated heterocycles. The van der Waals surface area contributed by atoms with Gasteiger partial charge in [0.05, 0.1) is 29.0 Å². The van der Waals surface area contributed by atoms with Crippen molar-refractivity contribution in [2.45, 2.75) is 13.5 Å². The third-order valence-corrected chi connectivity index (χ3v) is 3.49.